The Bertz CT molecular complexity index is 483. The second-order valence-corrected chi connectivity index (χ2v) is 4.67. The predicted molar refractivity (Wildman–Crippen MR) is 80.1 cm³/mol. The van der Waals surface area contributed by atoms with E-state index in [1.54, 1.807) is 7.11 Å². The van der Waals surface area contributed by atoms with Gasteiger partial charge in [-0.05, 0) is 32.8 Å². The van der Waals surface area contributed by atoms with E-state index in [0.717, 1.165) is 24.4 Å². The Morgan fingerprint density at radius 1 is 1.37 bits per heavy atom. The maximum atomic E-state index is 5.42. The van der Waals surface area contributed by atoms with E-state index in [4.69, 9.17) is 4.74 Å². The fourth-order valence-corrected chi connectivity index (χ4v) is 1.88. The van der Waals surface area contributed by atoms with E-state index in [9.17, 15) is 0 Å². The molecule has 1 rings (SSSR count). The van der Waals surface area contributed by atoms with Crippen LogP contribution >= 0.6 is 0 Å². The molecule has 0 spiro atoms. The minimum absolute atomic E-state index is 0.727. The van der Waals surface area contributed by atoms with Gasteiger partial charge in [0.05, 0.1) is 31.3 Å². The molecule has 4 nitrogen and oxygen atoms in total. The fourth-order valence-electron chi connectivity index (χ4n) is 1.88. The van der Waals surface area contributed by atoms with Crippen molar-refractivity contribution < 1.29 is 4.74 Å². The highest BCUT2D eigenvalue weighted by Crippen LogP contribution is 2.22. The average molecular weight is 263 g/mol. The maximum Gasteiger partial charge on any atom is 0.0977 e. The Hall–Kier alpha value is -1.71. The molecule has 0 saturated carbocycles. The molecule has 0 bridgehead atoms. The van der Waals surface area contributed by atoms with E-state index in [2.05, 4.69) is 31.2 Å². The molecule has 4 heteroatoms. The molecule has 1 N–H and O–H groups in total. The molecule has 0 atom stereocenters. The van der Waals surface area contributed by atoms with Gasteiger partial charge in [0.2, 0.25) is 0 Å². The van der Waals surface area contributed by atoms with Crippen molar-refractivity contribution in [2.75, 3.05) is 19.5 Å². The minimum atomic E-state index is 0.727. The van der Waals surface area contributed by atoms with Gasteiger partial charge in [-0.3, -0.25) is 4.68 Å². The lowest BCUT2D eigenvalue weighted by Crippen LogP contribution is -2.07. The first-order valence-corrected chi connectivity index (χ1v) is 6.64. The Morgan fingerprint density at radius 3 is 2.53 bits per heavy atom. The first kappa shape index (κ1) is 15.3. The summed E-state index contributed by atoms with van der Waals surface area (Å²) in [5, 5.41) is 7.44. The van der Waals surface area contributed by atoms with Gasteiger partial charge in [-0.2, -0.15) is 5.10 Å². The molecule has 106 valence electrons. The van der Waals surface area contributed by atoms with Gasteiger partial charge in [0, 0.05) is 18.8 Å². The van der Waals surface area contributed by atoms with Crippen LogP contribution in [-0.2, 0) is 11.3 Å². The summed E-state index contributed by atoms with van der Waals surface area (Å²) >= 11 is 0. The van der Waals surface area contributed by atoms with Crippen molar-refractivity contribution in [3.8, 4) is 0 Å². The highest BCUT2D eigenvalue weighted by Gasteiger charge is 2.10. The summed E-state index contributed by atoms with van der Waals surface area (Å²) in [6, 6.07) is 0. The molecule has 0 aliphatic carbocycles. The molecule has 0 radical (unpaired) electrons. The quantitative estimate of drug-likeness (QED) is 0.629. The summed E-state index contributed by atoms with van der Waals surface area (Å²) in [7, 11) is 3.61. The van der Waals surface area contributed by atoms with E-state index < -0.39 is 0 Å². The van der Waals surface area contributed by atoms with Crippen LogP contribution in [0.4, 0.5) is 5.69 Å². The summed E-state index contributed by atoms with van der Waals surface area (Å²) in [5.74, 6) is 0.951. The highest BCUT2D eigenvalue weighted by atomic mass is 16.5. The molecule has 0 saturated heterocycles. The van der Waals surface area contributed by atoms with Crippen molar-refractivity contribution >= 4 is 5.69 Å². The van der Waals surface area contributed by atoms with Crippen molar-refractivity contribution in [1.29, 1.82) is 0 Å². The van der Waals surface area contributed by atoms with E-state index in [0.29, 0.717) is 0 Å². The number of hydrogen-bond donors (Lipinski definition) is 1. The summed E-state index contributed by atoms with van der Waals surface area (Å²) in [5.41, 5.74) is 4.90. The van der Waals surface area contributed by atoms with Crippen LogP contribution < -0.4 is 5.32 Å². The molecule has 0 aromatic carbocycles. The second kappa shape index (κ2) is 7.02. The molecule has 0 amide bonds. The first-order chi connectivity index (χ1) is 9.03. The van der Waals surface area contributed by atoms with Crippen LogP contribution in [0.2, 0.25) is 0 Å². The first-order valence-electron chi connectivity index (χ1n) is 6.64. The Balaban J connectivity index is 3.07. The third-order valence-electron chi connectivity index (χ3n) is 3.60. The second-order valence-electron chi connectivity index (χ2n) is 4.67. The van der Waals surface area contributed by atoms with Crippen LogP contribution in [0, 0.1) is 0 Å². The Kier molecular flexibility index (Phi) is 5.67. The van der Waals surface area contributed by atoms with Gasteiger partial charge >= 0.3 is 0 Å². The van der Waals surface area contributed by atoms with Gasteiger partial charge in [0.1, 0.15) is 0 Å². The maximum absolute atomic E-state index is 5.42. The van der Waals surface area contributed by atoms with Gasteiger partial charge in [-0.25, -0.2) is 0 Å². The molecular formula is C15H25N3O. The Labute approximate surface area is 116 Å². The van der Waals surface area contributed by atoms with Crippen molar-refractivity contribution in [2.45, 2.75) is 40.7 Å². The zero-order chi connectivity index (χ0) is 14.4. The predicted octanol–water partition coefficient (Wildman–Crippen LogP) is 3.59. The fraction of sp³-hybridized carbons (Fsp3) is 0.533. The minimum Gasteiger partial charge on any atom is -0.501 e. The lowest BCUT2D eigenvalue weighted by molar-refractivity contribution is 0.287. The molecular weight excluding hydrogens is 238 g/mol. The number of rotatable bonds is 6. The number of allylic oxidation sites excluding steroid dienone is 4. The van der Waals surface area contributed by atoms with Crippen molar-refractivity contribution in [3.63, 3.8) is 0 Å². The van der Waals surface area contributed by atoms with Crippen molar-refractivity contribution in [1.82, 2.24) is 9.78 Å². The SMILES string of the molecule is CC/C(C)=C(C)/C(Cn1cc(NC)cn1)=C(/C)OC. The largest absolute Gasteiger partial charge is 0.501 e. The van der Waals surface area contributed by atoms with E-state index in [1.807, 2.05) is 31.0 Å². The van der Waals surface area contributed by atoms with Gasteiger partial charge in [-0.15, -0.1) is 0 Å². The number of anilines is 1. The third kappa shape index (κ3) is 3.88. The topological polar surface area (TPSA) is 39.1 Å². The Morgan fingerprint density at radius 2 is 2.05 bits per heavy atom. The zero-order valence-electron chi connectivity index (χ0n) is 12.9. The summed E-state index contributed by atoms with van der Waals surface area (Å²) < 4.78 is 7.35. The van der Waals surface area contributed by atoms with Crippen molar-refractivity contribution in [2.24, 2.45) is 0 Å². The van der Waals surface area contributed by atoms with Crippen LogP contribution in [0.15, 0.2) is 34.9 Å². The van der Waals surface area contributed by atoms with E-state index >= 15 is 0 Å². The monoisotopic (exact) mass is 263 g/mol. The normalized spacial score (nSPS) is 13.8. The molecule has 0 aliphatic rings. The molecule has 1 aromatic heterocycles. The van der Waals surface area contributed by atoms with Crippen LogP contribution in [0.1, 0.15) is 34.1 Å². The molecule has 0 fully saturated rings. The number of ether oxygens (including phenoxy) is 1. The van der Waals surface area contributed by atoms with Gasteiger partial charge < -0.3 is 10.1 Å². The smallest absolute Gasteiger partial charge is 0.0977 e. The lowest BCUT2D eigenvalue weighted by atomic mass is 10.00. The summed E-state index contributed by atoms with van der Waals surface area (Å²) in [6.45, 7) is 9.22. The van der Waals surface area contributed by atoms with Gasteiger partial charge in [0.15, 0.2) is 0 Å². The highest BCUT2D eigenvalue weighted by molar-refractivity contribution is 5.38. The number of aromatic nitrogens is 2. The number of nitrogens with one attached hydrogen (secondary N) is 1. The van der Waals surface area contributed by atoms with Gasteiger partial charge in [0.25, 0.3) is 0 Å². The van der Waals surface area contributed by atoms with E-state index in [-0.39, 0.29) is 0 Å². The third-order valence-corrected chi connectivity index (χ3v) is 3.60. The summed E-state index contributed by atoms with van der Waals surface area (Å²) in [6.07, 6.45) is 4.87. The number of methoxy groups -OCH3 is 1. The molecule has 19 heavy (non-hydrogen) atoms. The zero-order valence-corrected chi connectivity index (χ0v) is 12.9. The van der Waals surface area contributed by atoms with Crippen molar-refractivity contribution in [3.05, 3.63) is 34.9 Å². The average Bonchev–Trinajstić information content (AvgIpc) is 2.90. The van der Waals surface area contributed by atoms with Crippen LogP contribution in [-0.4, -0.2) is 23.9 Å². The van der Waals surface area contributed by atoms with Crippen LogP contribution in [0.25, 0.3) is 0 Å². The lowest BCUT2D eigenvalue weighted by Gasteiger charge is -2.15. The molecule has 1 aromatic rings. The van der Waals surface area contributed by atoms with Crippen LogP contribution in [0.5, 0.6) is 0 Å². The van der Waals surface area contributed by atoms with E-state index in [1.165, 1.54) is 16.7 Å². The molecule has 0 aliphatic heterocycles. The standard InChI is InChI=1S/C15H25N3O/c1-7-11(2)12(3)15(13(4)19-6)10-18-9-14(16-5)8-17-18/h8-9,16H,7,10H2,1-6H3/b12-11+,15-13-. The number of hydrogen-bond acceptors (Lipinski definition) is 3. The summed E-state index contributed by atoms with van der Waals surface area (Å²) in [4.78, 5) is 0. The molecule has 0 unspecified atom stereocenters. The number of nitrogens with zero attached hydrogens (tertiary/aromatic N) is 2. The molecule has 1 heterocycles. The van der Waals surface area contributed by atoms with Crippen LogP contribution in [0.3, 0.4) is 0 Å². The van der Waals surface area contributed by atoms with Gasteiger partial charge in [-0.1, -0.05) is 12.5 Å².